The Morgan fingerprint density at radius 3 is 2.27 bits per heavy atom. The summed E-state index contributed by atoms with van der Waals surface area (Å²) in [6.45, 7) is 1.70. The Labute approximate surface area is 90.1 Å². The molecule has 2 N–H and O–H groups in total. The van der Waals surface area contributed by atoms with Gasteiger partial charge in [0.2, 0.25) is 10.0 Å². The molecule has 4 nitrogen and oxygen atoms in total. The second-order valence-electron chi connectivity index (χ2n) is 3.61. The quantitative estimate of drug-likeness (QED) is 0.831. The first kappa shape index (κ1) is 12.2. The molecular formula is C10H15NO3S. The van der Waals surface area contributed by atoms with E-state index in [2.05, 4.69) is 0 Å². The van der Waals surface area contributed by atoms with Gasteiger partial charge < -0.3 is 4.74 Å². The van der Waals surface area contributed by atoms with E-state index >= 15 is 0 Å². The minimum absolute atomic E-state index is 0.236. The van der Waals surface area contributed by atoms with E-state index in [-0.39, 0.29) is 5.75 Å². The van der Waals surface area contributed by atoms with E-state index in [0.29, 0.717) is 0 Å². The maximum atomic E-state index is 11.1. The molecule has 5 heteroatoms. The molecule has 1 aromatic rings. The highest BCUT2D eigenvalue weighted by atomic mass is 32.2. The van der Waals surface area contributed by atoms with E-state index in [1.165, 1.54) is 7.11 Å². The first-order chi connectivity index (χ1) is 6.87. The molecule has 0 aliphatic heterocycles. The highest BCUT2D eigenvalue weighted by Gasteiger charge is 2.30. The molecule has 15 heavy (non-hydrogen) atoms. The summed E-state index contributed by atoms with van der Waals surface area (Å²) >= 11 is 0. The van der Waals surface area contributed by atoms with Crippen molar-refractivity contribution in [2.24, 2.45) is 5.14 Å². The summed E-state index contributed by atoms with van der Waals surface area (Å²) in [4.78, 5) is 0. The summed E-state index contributed by atoms with van der Waals surface area (Å²) in [6.07, 6.45) is 0. The van der Waals surface area contributed by atoms with Crippen LogP contribution in [0, 0.1) is 0 Å². The monoisotopic (exact) mass is 229 g/mol. The van der Waals surface area contributed by atoms with Gasteiger partial charge in [-0.15, -0.1) is 0 Å². The summed E-state index contributed by atoms with van der Waals surface area (Å²) in [5.74, 6) is -0.236. The van der Waals surface area contributed by atoms with Crippen molar-refractivity contribution < 1.29 is 13.2 Å². The molecule has 0 radical (unpaired) electrons. The zero-order chi connectivity index (χ0) is 11.5. The molecule has 1 rings (SSSR count). The Kier molecular flexibility index (Phi) is 3.49. The molecule has 84 valence electrons. The number of primary sulfonamides is 1. The molecule has 0 aliphatic rings. The number of sulfonamides is 1. The minimum atomic E-state index is -3.57. The van der Waals surface area contributed by atoms with Crippen molar-refractivity contribution in [3.63, 3.8) is 0 Å². The smallest absolute Gasteiger partial charge is 0.212 e. The standard InChI is InChI=1S/C10H15NO3S/c1-10(14-2,8-15(11,12)13)9-6-4-3-5-7-9/h3-7H,8H2,1-2H3,(H2,11,12,13)/t10-/m0/s1. The number of hydrogen-bond acceptors (Lipinski definition) is 3. The summed E-state index contributed by atoms with van der Waals surface area (Å²) in [5.41, 5.74) is -0.101. The van der Waals surface area contributed by atoms with Crippen LogP contribution in [-0.4, -0.2) is 21.3 Å². The van der Waals surface area contributed by atoms with Crippen LogP contribution < -0.4 is 5.14 Å². The lowest BCUT2D eigenvalue weighted by atomic mass is 9.98. The van der Waals surface area contributed by atoms with E-state index in [0.717, 1.165) is 5.56 Å². The van der Waals surface area contributed by atoms with E-state index in [1.807, 2.05) is 30.3 Å². The largest absolute Gasteiger partial charge is 0.373 e. The van der Waals surface area contributed by atoms with Gasteiger partial charge >= 0.3 is 0 Å². The zero-order valence-electron chi connectivity index (χ0n) is 8.80. The zero-order valence-corrected chi connectivity index (χ0v) is 9.62. The fourth-order valence-electron chi connectivity index (χ4n) is 1.43. The first-order valence-electron chi connectivity index (χ1n) is 4.48. The number of benzene rings is 1. The summed E-state index contributed by atoms with van der Waals surface area (Å²) in [6, 6.07) is 9.14. The Hall–Kier alpha value is -0.910. The Morgan fingerprint density at radius 2 is 1.87 bits per heavy atom. The topological polar surface area (TPSA) is 69.4 Å². The van der Waals surface area contributed by atoms with Crippen LogP contribution in [0.15, 0.2) is 30.3 Å². The molecule has 0 saturated carbocycles. The third-order valence-electron chi connectivity index (χ3n) is 2.31. The predicted molar refractivity (Wildman–Crippen MR) is 58.8 cm³/mol. The van der Waals surface area contributed by atoms with Crippen LogP contribution in [0.1, 0.15) is 12.5 Å². The SMILES string of the molecule is CO[C@@](C)(CS(N)(=O)=O)c1ccccc1. The number of rotatable bonds is 4. The lowest BCUT2D eigenvalue weighted by molar-refractivity contribution is 0.0222. The van der Waals surface area contributed by atoms with E-state index in [4.69, 9.17) is 9.88 Å². The highest BCUT2D eigenvalue weighted by molar-refractivity contribution is 7.89. The molecule has 0 unspecified atom stereocenters. The van der Waals surface area contributed by atoms with Crippen LogP contribution in [0.4, 0.5) is 0 Å². The van der Waals surface area contributed by atoms with Crippen molar-refractivity contribution in [3.05, 3.63) is 35.9 Å². The van der Waals surface area contributed by atoms with Crippen molar-refractivity contribution in [3.8, 4) is 0 Å². The van der Waals surface area contributed by atoms with Crippen molar-refractivity contribution in [1.82, 2.24) is 0 Å². The Morgan fingerprint density at radius 1 is 1.33 bits per heavy atom. The average molecular weight is 229 g/mol. The van der Waals surface area contributed by atoms with Gasteiger partial charge in [-0.25, -0.2) is 13.6 Å². The third-order valence-corrected chi connectivity index (χ3v) is 3.26. The van der Waals surface area contributed by atoms with Crippen LogP contribution in [0.25, 0.3) is 0 Å². The molecule has 0 saturated heterocycles. The maximum absolute atomic E-state index is 11.1. The van der Waals surface area contributed by atoms with Crippen molar-refractivity contribution >= 4 is 10.0 Å². The number of hydrogen-bond donors (Lipinski definition) is 1. The second-order valence-corrected chi connectivity index (χ2v) is 5.22. The van der Waals surface area contributed by atoms with Crippen LogP contribution in [0.2, 0.25) is 0 Å². The van der Waals surface area contributed by atoms with Crippen molar-refractivity contribution in [2.45, 2.75) is 12.5 Å². The predicted octanol–water partition coefficient (Wildman–Crippen LogP) is 0.837. The fraction of sp³-hybridized carbons (Fsp3) is 0.400. The summed E-state index contributed by atoms with van der Waals surface area (Å²) < 4.78 is 27.4. The van der Waals surface area contributed by atoms with E-state index in [1.54, 1.807) is 6.92 Å². The number of ether oxygens (including phenoxy) is 1. The van der Waals surface area contributed by atoms with Gasteiger partial charge in [0.05, 0.1) is 5.75 Å². The van der Waals surface area contributed by atoms with Gasteiger partial charge in [-0.2, -0.15) is 0 Å². The maximum Gasteiger partial charge on any atom is 0.212 e. The Bertz CT molecular complexity index is 416. The fourth-order valence-corrected chi connectivity index (χ4v) is 2.49. The molecule has 1 atom stereocenters. The molecule has 0 aromatic heterocycles. The van der Waals surface area contributed by atoms with Crippen LogP contribution >= 0.6 is 0 Å². The van der Waals surface area contributed by atoms with Crippen molar-refractivity contribution in [2.75, 3.05) is 12.9 Å². The van der Waals surface area contributed by atoms with Crippen LogP contribution in [0.3, 0.4) is 0 Å². The molecule has 0 bridgehead atoms. The van der Waals surface area contributed by atoms with Gasteiger partial charge in [-0.1, -0.05) is 30.3 Å². The molecule has 1 aromatic carbocycles. The van der Waals surface area contributed by atoms with Gasteiger partial charge in [0, 0.05) is 7.11 Å². The first-order valence-corrected chi connectivity index (χ1v) is 6.20. The molecule has 0 fully saturated rings. The van der Waals surface area contributed by atoms with Gasteiger partial charge in [-0.3, -0.25) is 0 Å². The molecule has 0 spiro atoms. The van der Waals surface area contributed by atoms with Gasteiger partial charge in [-0.05, 0) is 12.5 Å². The second kappa shape index (κ2) is 4.30. The van der Waals surface area contributed by atoms with Crippen LogP contribution in [0.5, 0.6) is 0 Å². The lowest BCUT2D eigenvalue weighted by Gasteiger charge is -2.27. The molecule has 0 heterocycles. The molecular weight excluding hydrogens is 214 g/mol. The van der Waals surface area contributed by atoms with Gasteiger partial charge in [0.1, 0.15) is 5.60 Å². The third kappa shape index (κ3) is 3.30. The minimum Gasteiger partial charge on any atom is -0.373 e. The number of methoxy groups -OCH3 is 1. The lowest BCUT2D eigenvalue weighted by Crippen LogP contribution is -2.36. The summed E-state index contributed by atoms with van der Waals surface area (Å²) in [7, 11) is -2.10. The van der Waals surface area contributed by atoms with E-state index < -0.39 is 15.6 Å². The normalized spacial score (nSPS) is 15.9. The summed E-state index contributed by atoms with van der Waals surface area (Å²) in [5, 5.41) is 5.03. The highest BCUT2D eigenvalue weighted by Crippen LogP contribution is 2.25. The van der Waals surface area contributed by atoms with Crippen LogP contribution in [-0.2, 0) is 20.4 Å². The van der Waals surface area contributed by atoms with Gasteiger partial charge in [0.25, 0.3) is 0 Å². The Balaban J connectivity index is 3.06. The van der Waals surface area contributed by atoms with E-state index in [9.17, 15) is 8.42 Å². The molecule has 0 amide bonds. The average Bonchev–Trinajstić information content (AvgIpc) is 2.16. The van der Waals surface area contributed by atoms with Crippen molar-refractivity contribution in [1.29, 1.82) is 0 Å². The van der Waals surface area contributed by atoms with Gasteiger partial charge in [0.15, 0.2) is 0 Å². The molecule has 0 aliphatic carbocycles. The number of nitrogens with two attached hydrogens (primary N) is 1.